The van der Waals surface area contributed by atoms with Gasteiger partial charge in [0.1, 0.15) is 0 Å². The maximum absolute atomic E-state index is 9.33. The molecule has 0 saturated heterocycles. The molecule has 13 heavy (non-hydrogen) atoms. The van der Waals surface area contributed by atoms with E-state index in [1.54, 1.807) is 0 Å². The predicted molar refractivity (Wildman–Crippen MR) is 57.8 cm³/mol. The second kappa shape index (κ2) is 5.61. The van der Waals surface area contributed by atoms with E-state index in [0.717, 1.165) is 13.0 Å². The van der Waals surface area contributed by atoms with E-state index in [1.807, 2.05) is 6.92 Å². The third kappa shape index (κ3) is 5.27. The molecule has 0 aliphatic carbocycles. The van der Waals surface area contributed by atoms with E-state index in [0.29, 0.717) is 17.9 Å². The van der Waals surface area contributed by atoms with Crippen molar-refractivity contribution in [3.63, 3.8) is 0 Å². The van der Waals surface area contributed by atoms with E-state index in [9.17, 15) is 5.11 Å². The average molecular weight is 187 g/mol. The SMILES string of the molecule is CCC(O)CNCC(C)(C)C(C)C. The third-order valence-electron chi connectivity index (χ3n) is 2.99. The number of hydrogen-bond donors (Lipinski definition) is 2. The van der Waals surface area contributed by atoms with Gasteiger partial charge in [-0.2, -0.15) is 0 Å². The van der Waals surface area contributed by atoms with Crippen LogP contribution in [0.5, 0.6) is 0 Å². The molecule has 0 aromatic carbocycles. The summed E-state index contributed by atoms with van der Waals surface area (Å²) in [6.07, 6.45) is 0.637. The number of nitrogens with one attached hydrogen (secondary N) is 1. The quantitative estimate of drug-likeness (QED) is 0.667. The highest BCUT2D eigenvalue weighted by Gasteiger charge is 2.21. The van der Waals surface area contributed by atoms with E-state index in [1.165, 1.54) is 0 Å². The maximum atomic E-state index is 9.33. The molecular weight excluding hydrogens is 162 g/mol. The standard InChI is InChI=1S/C11H25NO/c1-6-10(13)7-12-8-11(4,5)9(2)3/h9-10,12-13H,6-8H2,1-5H3. The Hall–Kier alpha value is -0.0800. The first-order valence-electron chi connectivity index (χ1n) is 5.29. The number of rotatable bonds is 6. The smallest absolute Gasteiger partial charge is 0.0662 e. The van der Waals surface area contributed by atoms with Crippen LogP contribution in [0, 0.1) is 11.3 Å². The average Bonchev–Trinajstić information content (AvgIpc) is 2.03. The molecule has 0 aliphatic heterocycles. The van der Waals surface area contributed by atoms with Gasteiger partial charge in [-0.15, -0.1) is 0 Å². The summed E-state index contributed by atoms with van der Waals surface area (Å²) < 4.78 is 0. The van der Waals surface area contributed by atoms with Gasteiger partial charge in [0.2, 0.25) is 0 Å². The van der Waals surface area contributed by atoms with Gasteiger partial charge < -0.3 is 10.4 Å². The van der Waals surface area contributed by atoms with Crippen molar-refractivity contribution >= 4 is 0 Å². The summed E-state index contributed by atoms with van der Waals surface area (Å²) in [4.78, 5) is 0. The fraction of sp³-hybridized carbons (Fsp3) is 1.00. The topological polar surface area (TPSA) is 32.3 Å². The van der Waals surface area contributed by atoms with Gasteiger partial charge >= 0.3 is 0 Å². The van der Waals surface area contributed by atoms with Crippen LogP contribution in [0.3, 0.4) is 0 Å². The first-order chi connectivity index (χ1) is 5.90. The molecule has 0 rings (SSSR count). The highest BCUT2D eigenvalue weighted by atomic mass is 16.3. The summed E-state index contributed by atoms with van der Waals surface area (Å²) in [6.45, 7) is 12.7. The zero-order valence-corrected chi connectivity index (χ0v) is 9.72. The minimum atomic E-state index is -0.192. The molecule has 0 bridgehead atoms. The highest BCUT2D eigenvalue weighted by molar-refractivity contribution is 4.75. The van der Waals surface area contributed by atoms with Gasteiger partial charge in [-0.25, -0.2) is 0 Å². The van der Waals surface area contributed by atoms with Crippen LogP contribution in [0.25, 0.3) is 0 Å². The number of aliphatic hydroxyl groups is 1. The highest BCUT2D eigenvalue weighted by Crippen LogP contribution is 2.24. The minimum Gasteiger partial charge on any atom is -0.392 e. The summed E-state index contributed by atoms with van der Waals surface area (Å²) in [7, 11) is 0. The summed E-state index contributed by atoms with van der Waals surface area (Å²) in [5, 5.41) is 12.6. The fourth-order valence-corrected chi connectivity index (χ4v) is 0.909. The molecule has 2 heteroatoms. The van der Waals surface area contributed by atoms with Gasteiger partial charge in [0.25, 0.3) is 0 Å². The van der Waals surface area contributed by atoms with Gasteiger partial charge in [0, 0.05) is 13.1 Å². The molecule has 0 saturated carbocycles. The van der Waals surface area contributed by atoms with Gasteiger partial charge in [0.15, 0.2) is 0 Å². The molecule has 0 fully saturated rings. The zero-order chi connectivity index (χ0) is 10.5. The van der Waals surface area contributed by atoms with Crippen molar-refractivity contribution in [1.82, 2.24) is 5.32 Å². The number of aliphatic hydroxyl groups excluding tert-OH is 1. The molecule has 2 N–H and O–H groups in total. The molecule has 0 aliphatic rings. The van der Waals surface area contributed by atoms with Crippen molar-refractivity contribution in [3.05, 3.63) is 0 Å². The second-order valence-electron chi connectivity index (χ2n) is 4.84. The van der Waals surface area contributed by atoms with Gasteiger partial charge in [-0.1, -0.05) is 34.6 Å². The van der Waals surface area contributed by atoms with Crippen molar-refractivity contribution < 1.29 is 5.11 Å². The molecule has 2 nitrogen and oxygen atoms in total. The van der Waals surface area contributed by atoms with E-state index >= 15 is 0 Å². The Labute approximate surface area is 82.7 Å². The van der Waals surface area contributed by atoms with Crippen LogP contribution in [0.2, 0.25) is 0 Å². The van der Waals surface area contributed by atoms with Crippen LogP contribution in [0.15, 0.2) is 0 Å². The molecule has 80 valence electrons. The summed E-state index contributed by atoms with van der Waals surface area (Å²) in [5.74, 6) is 0.666. The van der Waals surface area contributed by atoms with E-state index < -0.39 is 0 Å². The monoisotopic (exact) mass is 187 g/mol. The Kier molecular flexibility index (Phi) is 5.57. The van der Waals surface area contributed by atoms with Gasteiger partial charge in [-0.3, -0.25) is 0 Å². The predicted octanol–water partition coefficient (Wildman–Crippen LogP) is 2.03. The Morgan fingerprint density at radius 3 is 2.23 bits per heavy atom. The molecule has 1 atom stereocenters. The summed E-state index contributed by atoms with van der Waals surface area (Å²) >= 11 is 0. The van der Waals surface area contributed by atoms with Crippen LogP contribution >= 0.6 is 0 Å². The van der Waals surface area contributed by atoms with Crippen LogP contribution in [0.1, 0.15) is 41.0 Å². The normalized spacial score (nSPS) is 15.0. The van der Waals surface area contributed by atoms with Crippen LogP contribution in [-0.2, 0) is 0 Å². The molecule has 0 heterocycles. The Morgan fingerprint density at radius 2 is 1.85 bits per heavy atom. The summed E-state index contributed by atoms with van der Waals surface area (Å²) in [5.41, 5.74) is 0.313. The van der Waals surface area contributed by atoms with Crippen molar-refractivity contribution in [2.45, 2.75) is 47.1 Å². The van der Waals surface area contributed by atoms with Crippen molar-refractivity contribution in [2.24, 2.45) is 11.3 Å². The van der Waals surface area contributed by atoms with Crippen LogP contribution in [0.4, 0.5) is 0 Å². The number of hydrogen-bond acceptors (Lipinski definition) is 2. The van der Waals surface area contributed by atoms with Crippen LogP contribution in [-0.4, -0.2) is 24.3 Å². The lowest BCUT2D eigenvalue weighted by Crippen LogP contribution is -2.37. The maximum Gasteiger partial charge on any atom is 0.0662 e. The Bertz CT molecular complexity index is 132. The molecule has 1 unspecified atom stereocenters. The fourth-order valence-electron chi connectivity index (χ4n) is 0.909. The lowest BCUT2D eigenvalue weighted by molar-refractivity contribution is 0.155. The molecule has 0 spiro atoms. The molecule has 0 aromatic rings. The molecular formula is C11H25NO. The van der Waals surface area contributed by atoms with Gasteiger partial charge in [-0.05, 0) is 17.8 Å². The van der Waals surface area contributed by atoms with Gasteiger partial charge in [0.05, 0.1) is 6.10 Å². The minimum absolute atomic E-state index is 0.192. The lowest BCUT2D eigenvalue weighted by Gasteiger charge is -2.29. The zero-order valence-electron chi connectivity index (χ0n) is 9.72. The lowest BCUT2D eigenvalue weighted by atomic mass is 9.81. The Morgan fingerprint density at radius 1 is 1.31 bits per heavy atom. The van der Waals surface area contributed by atoms with Crippen molar-refractivity contribution in [2.75, 3.05) is 13.1 Å². The second-order valence-corrected chi connectivity index (χ2v) is 4.84. The third-order valence-corrected chi connectivity index (χ3v) is 2.99. The first kappa shape index (κ1) is 12.9. The van der Waals surface area contributed by atoms with Crippen molar-refractivity contribution in [3.8, 4) is 0 Å². The van der Waals surface area contributed by atoms with Crippen molar-refractivity contribution in [1.29, 1.82) is 0 Å². The van der Waals surface area contributed by atoms with E-state index in [2.05, 4.69) is 33.0 Å². The summed E-state index contributed by atoms with van der Waals surface area (Å²) in [6, 6.07) is 0. The first-order valence-corrected chi connectivity index (χ1v) is 5.29. The Balaban J connectivity index is 3.63. The van der Waals surface area contributed by atoms with E-state index in [-0.39, 0.29) is 6.10 Å². The van der Waals surface area contributed by atoms with E-state index in [4.69, 9.17) is 0 Å². The molecule has 0 amide bonds. The largest absolute Gasteiger partial charge is 0.392 e. The van der Waals surface area contributed by atoms with Crippen LogP contribution < -0.4 is 5.32 Å². The molecule has 0 radical (unpaired) electrons. The molecule has 0 aromatic heterocycles.